The van der Waals surface area contributed by atoms with Crippen molar-refractivity contribution in [2.24, 2.45) is 11.8 Å². The van der Waals surface area contributed by atoms with Gasteiger partial charge in [0.25, 0.3) is 5.91 Å². The first-order valence-corrected chi connectivity index (χ1v) is 16.0. The van der Waals surface area contributed by atoms with Gasteiger partial charge >= 0.3 is 10.2 Å². The van der Waals surface area contributed by atoms with Crippen molar-refractivity contribution in [2.75, 3.05) is 31.1 Å². The smallest absolute Gasteiger partial charge is 0.304 e. The molecule has 1 amide bonds. The first-order chi connectivity index (χ1) is 19.2. The van der Waals surface area contributed by atoms with Gasteiger partial charge in [0.05, 0.1) is 11.8 Å². The Morgan fingerprint density at radius 2 is 1.95 bits per heavy atom. The van der Waals surface area contributed by atoms with E-state index in [9.17, 15) is 18.3 Å². The number of halogens is 1. The molecule has 1 aliphatic carbocycles. The van der Waals surface area contributed by atoms with Crippen molar-refractivity contribution in [2.45, 2.75) is 58.2 Å². The average Bonchev–Trinajstić information content (AvgIpc) is 2.93. The summed E-state index contributed by atoms with van der Waals surface area (Å²) >= 11 is 6.29. The number of amides is 1. The summed E-state index contributed by atoms with van der Waals surface area (Å²) in [5.74, 6) is 0.395. The largest absolute Gasteiger partial charge is 0.487 e. The van der Waals surface area contributed by atoms with E-state index in [1.807, 2.05) is 24.3 Å². The Hall–Kier alpha value is -2.59. The van der Waals surface area contributed by atoms with E-state index in [1.54, 1.807) is 31.2 Å². The molecule has 2 aromatic carbocycles. The summed E-state index contributed by atoms with van der Waals surface area (Å²) in [5.41, 5.74) is 3.26. The lowest BCUT2D eigenvalue weighted by Gasteiger charge is -2.42. The van der Waals surface area contributed by atoms with Gasteiger partial charge in [0.2, 0.25) is 0 Å². The minimum absolute atomic E-state index is 0.135. The number of anilines is 1. The van der Waals surface area contributed by atoms with Crippen LogP contribution in [-0.4, -0.2) is 56.0 Å². The third-order valence-electron chi connectivity index (χ3n) is 8.40. The SMILES string of the molecule is CCN1CC/C=C\[C@H](O)[C@@H]2CC[C@H]2CN2CCCCc3cc(Cl)ccc3COc3ccc(cc32)C(=O)NS1(=O)=O. The molecule has 2 heterocycles. The third-order valence-corrected chi connectivity index (χ3v) is 10.2. The number of aryl methyl sites for hydroxylation is 1. The molecule has 3 aliphatic rings. The Kier molecular flexibility index (Phi) is 9.05. The van der Waals surface area contributed by atoms with Crippen LogP contribution in [0.3, 0.4) is 0 Å². The van der Waals surface area contributed by atoms with E-state index in [1.165, 1.54) is 9.87 Å². The summed E-state index contributed by atoms with van der Waals surface area (Å²) in [6, 6.07) is 11.0. The molecule has 2 aromatic rings. The number of aliphatic hydroxyl groups is 1. The molecule has 40 heavy (non-hydrogen) atoms. The number of nitrogens with zero attached hydrogens (tertiary/aromatic N) is 2. The predicted octanol–water partition coefficient (Wildman–Crippen LogP) is 4.71. The van der Waals surface area contributed by atoms with Gasteiger partial charge in [-0.25, -0.2) is 4.72 Å². The lowest BCUT2D eigenvalue weighted by Crippen LogP contribution is -2.44. The maximum Gasteiger partial charge on any atom is 0.304 e. The molecule has 1 fully saturated rings. The molecule has 2 aliphatic heterocycles. The standard InChI is InChI=1S/C30H38ClN3O5S/c1-2-34-16-6-4-8-28(35)26-13-10-23(26)19-33-15-5-3-7-21-17-25(31)12-9-24(21)20-39-29-14-11-22(18-27(29)33)30(36)32-40(34,37)38/h4,8-9,11-12,14,17-18,23,26,28,35H,2-3,5-7,10,13,15-16,19-20H2,1H3,(H,32,36)/b8-4-/t23-,26+,28-/m0/s1. The van der Waals surface area contributed by atoms with Crippen molar-refractivity contribution in [3.8, 4) is 5.75 Å². The zero-order valence-corrected chi connectivity index (χ0v) is 24.5. The van der Waals surface area contributed by atoms with Gasteiger partial charge < -0.3 is 14.7 Å². The number of hydrogen-bond acceptors (Lipinski definition) is 6. The average molecular weight is 588 g/mol. The third kappa shape index (κ3) is 6.48. The normalized spacial score (nSPS) is 26.6. The Labute approximate surface area is 242 Å². The van der Waals surface area contributed by atoms with Gasteiger partial charge in [-0.3, -0.25) is 4.79 Å². The van der Waals surface area contributed by atoms with Crippen LogP contribution in [0.4, 0.5) is 5.69 Å². The van der Waals surface area contributed by atoms with Crippen molar-refractivity contribution < 1.29 is 23.1 Å². The molecule has 216 valence electrons. The molecule has 1 saturated carbocycles. The van der Waals surface area contributed by atoms with Crippen LogP contribution in [0.2, 0.25) is 5.02 Å². The van der Waals surface area contributed by atoms with Gasteiger partial charge in [0.1, 0.15) is 12.4 Å². The Morgan fingerprint density at radius 3 is 2.73 bits per heavy atom. The second-order valence-corrected chi connectivity index (χ2v) is 13.0. The minimum atomic E-state index is -4.04. The molecule has 5 rings (SSSR count). The van der Waals surface area contributed by atoms with Crippen LogP contribution in [-0.2, 0) is 23.2 Å². The number of fused-ring (bicyclic) bond motifs is 3. The molecule has 10 heteroatoms. The lowest BCUT2D eigenvalue weighted by atomic mass is 9.70. The summed E-state index contributed by atoms with van der Waals surface area (Å²) in [6.45, 7) is 4.00. The van der Waals surface area contributed by atoms with Gasteiger partial charge in [-0.2, -0.15) is 12.7 Å². The van der Waals surface area contributed by atoms with Crippen molar-refractivity contribution >= 4 is 33.4 Å². The molecular weight excluding hydrogens is 550 g/mol. The molecule has 0 spiro atoms. The maximum absolute atomic E-state index is 13.2. The number of benzene rings is 2. The maximum atomic E-state index is 13.2. The lowest BCUT2D eigenvalue weighted by molar-refractivity contribution is 0.0461. The number of nitrogens with one attached hydrogen (secondary N) is 1. The monoisotopic (exact) mass is 587 g/mol. The van der Waals surface area contributed by atoms with Gasteiger partial charge in [0, 0.05) is 36.8 Å². The van der Waals surface area contributed by atoms with E-state index >= 15 is 0 Å². The summed E-state index contributed by atoms with van der Waals surface area (Å²) in [5, 5.41) is 11.7. The van der Waals surface area contributed by atoms with Crippen LogP contribution in [0.15, 0.2) is 48.6 Å². The van der Waals surface area contributed by atoms with Gasteiger partial charge in [-0.05, 0) is 91.8 Å². The summed E-state index contributed by atoms with van der Waals surface area (Å²) in [4.78, 5) is 15.5. The van der Waals surface area contributed by atoms with Crippen LogP contribution in [0.25, 0.3) is 0 Å². The number of carbonyl (C=O) groups is 1. The fourth-order valence-electron chi connectivity index (χ4n) is 5.92. The first kappa shape index (κ1) is 28.9. The number of aliphatic hydroxyl groups excluding tert-OH is 1. The van der Waals surface area contributed by atoms with Crippen LogP contribution in [0.1, 0.15) is 60.5 Å². The molecule has 0 saturated heterocycles. The molecule has 2 bridgehead atoms. The molecule has 2 N–H and O–H groups in total. The highest BCUT2D eigenvalue weighted by Crippen LogP contribution is 2.41. The van der Waals surface area contributed by atoms with Crippen LogP contribution in [0.5, 0.6) is 5.75 Å². The first-order valence-electron chi connectivity index (χ1n) is 14.2. The van der Waals surface area contributed by atoms with Crippen LogP contribution in [0, 0.1) is 11.8 Å². The Bertz CT molecular complexity index is 1370. The second kappa shape index (κ2) is 12.5. The highest BCUT2D eigenvalue weighted by Gasteiger charge is 2.37. The Morgan fingerprint density at radius 1 is 1.10 bits per heavy atom. The molecule has 8 nitrogen and oxygen atoms in total. The van der Waals surface area contributed by atoms with E-state index in [0.717, 1.165) is 56.4 Å². The fraction of sp³-hybridized carbons (Fsp3) is 0.500. The summed E-state index contributed by atoms with van der Waals surface area (Å²) in [6.07, 6.45) is 8.25. The summed E-state index contributed by atoms with van der Waals surface area (Å²) < 4.78 is 35.9. The topological polar surface area (TPSA) is 99.2 Å². The van der Waals surface area contributed by atoms with Gasteiger partial charge in [-0.15, -0.1) is 0 Å². The quantitative estimate of drug-likeness (QED) is 0.469. The molecule has 0 radical (unpaired) electrons. The highest BCUT2D eigenvalue weighted by molar-refractivity contribution is 7.87. The van der Waals surface area contributed by atoms with Crippen molar-refractivity contribution in [1.82, 2.24) is 9.03 Å². The molecular formula is C30H38ClN3O5S. The van der Waals surface area contributed by atoms with Crippen molar-refractivity contribution in [3.63, 3.8) is 0 Å². The van der Waals surface area contributed by atoms with Crippen LogP contribution < -0.4 is 14.4 Å². The zero-order chi connectivity index (χ0) is 28.3. The summed E-state index contributed by atoms with van der Waals surface area (Å²) in [7, 11) is -4.04. The van der Waals surface area contributed by atoms with Crippen LogP contribution >= 0.6 is 11.6 Å². The van der Waals surface area contributed by atoms with E-state index in [-0.39, 0.29) is 24.6 Å². The number of rotatable bonds is 1. The van der Waals surface area contributed by atoms with Crippen molar-refractivity contribution in [1.29, 1.82) is 0 Å². The second-order valence-electron chi connectivity index (χ2n) is 10.9. The predicted molar refractivity (Wildman–Crippen MR) is 157 cm³/mol. The zero-order valence-electron chi connectivity index (χ0n) is 22.9. The minimum Gasteiger partial charge on any atom is -0.487 e. The Balaban J connectivity index is 1.53. The van der Waals surface area contributed by atoms with Gasteiger partial charge in [0.15, 0.2) is 0 Å². The van der Waals surface area contributed by atoms with E-state index in [0.29, 0.717) is 29.7 Å². The van der Waals surface area contributed by atoms with Crippen molar-refractivity contribution in [3.05, 3.63) is 70.3 Å². The fourth-order valence-corrected chi connectivity index (χ4v) is 7.28. The van der Waals surface area contributed by atoms with E-state index in [2.05, 4.69) is 9.62 Å². The van der Waals surface area contributed by atoms with Gasteiger partial charge in [-0.1, -0.05) is 36.7 Å². The molecule has 3 atom stereocenters. The molecule has 0 unspecified atom stereocenters. The van der Waals surface area contributed by atoms with E-state index < -0.39 is 22.2 Å². The van der Waals surface area contributed by atoms with E-state index in [4.69, 9.17) is 16.3 Å². The number of ether oxygens (including phenoxy) is 1. The number of carbonyl (C=O) groups excluding carboxylic acids is 1. The molecule has 0 aromatic heterocycles. The number of hydrogen-bond donors (Lipinski definition) is 2. The highest BCUT2D eigenvalue weighted by atomic mass is 35.5.